The zero-order chi connectivity index (χ0) is 14.8. The van der Waals surface area contributed by atoms with E-state index in [2.05, 4.69) is 15.3 Å². The average molecular weight is 313 g/mol. The van der Waals surface area contributed by atoms with Gasteiger partial charge in [-0.3, -0.25) is 4.79 Å². The minimum atomic E-state index is -0.242. The third kappa shape index (κ3) is 2.93. The van der Waals surface area contributed by atoms with E-state index in [0.29, 0.717) is 25.1 Å². The van der Waals surface area contributed by atoms with Gasteiger partial charge in [0.25, 0.3) is 5.56 Å². The number of aromatic nitrogens is 2. The molecule has 1 N–H and O–H groups in total. The highest BCUT2D eigenvalue weighted by Gasteiger charge is 2.35. The lowest BCUT2D eigenvalue weighted by Gasteiger charge is -2.24. The molecule has 0 spiro atoms. The Balaban J connectivity index is 1.80. The molecule has 2 aliphatic heterocycles. The molecule has 2 fully saturated rings. The summed E-state index contributed by atoms with van der Waals surface area (Å²) in [5, 5.41) is 8.03. The molecule has 0 amide bonds. The first-order valence-corrected chi connectivity index (χ1v) is 7.81. The van der Waals surface area contributed by atoms with Gasteiger partial charge >= 0.3 is 0 Å². The maximum Gasteiger partial charge on any atom is 0.287 e. The minimum Gasteiger partial charge on any atom is -0.383 e. The van der Waals surface area contributed by atoms with Crippen molar-refractivity contribution in [2.24, 2.45) is 5.92 Å². The van der Waals surface area contributed by atoms with Crippen LogP contribution < -0.4 is 15.8 Å². The fourth-order valence-corrected chi connectivity index (χ4v) is 3.52. The molecule has 1 aromatic heterocycles. The number of nitrogens with one attached hydrogen (secondary N) is 1. The first kappa shape index (κ1) is 14.8. The van der Waals surface area contributed by atoms with Crippen molar-refractivity contribution in [1.82, 2.24) is 15.1 Å². The molecule has 3 rings (SSSR count). The molecular weight excluding hydrogens is 292 g/mol. The number of rotatable bonds is 4. The Morgan fingerprint density at radius 1 is 1.52 bits per heavy atom. The lowest BCUT2D eigenvalue weighted by molar-refractivity contribution is 0.182. The standard InChI is InChI=1S/C14H21ClN4O2/c1-21-6-5-19-14(20)13(15)12(7-17-19)18-8-10-3-2-4-16-11(10)9-18/h7,10-11,16H,2-6,8-9H2,1H3/t10-,11+/m0/s1. The van der Waals surface area contributed by atoms with Gasteiger partial charge in [-0.15, -0.1) is 0 Å². The van der Waals surface area contributed by atoms with Crippen LogP contribution in [0.3, 0.4) is 0 Å². The number of halogens is 1. The molecule has 3 heterocycles. The summed E-state index contributed by atoms with van der Waals surface area (Å²) in [6, 6.07) is 0.505. The number of ether oxygens (including phenoxy) is 1. The molecule has 0 aromatic carbocycles. The SMILES string of the molecule is COCCn1ncc(N2C[C@@H]3CCCN[C@@H]3C2)c(Cl)c1=O. The maximum absolute atomic E-state index is 12.2. The Labute approximate surface area is 129 Å². The lowest BCUT2D eigenvalue weighted by atomic mass is 9.94. The van der Waals surface area contributed by atoms with Gasteiger partial charge in [0.2, 0.25) is 0 Å². The van der Waals surface area contributed by atoms with E-state index >= 15 is 0 Å². The number of piperidine rings is 1. The van der Waals surface area contributed by atoms with Crippen molar-refractivity contribution < 1.29 is 4.74 Å². The maximum atomic E-state index is 12.2. The summed E-state index contributed by atoms with van der Waals surface area (Å²) < 4.78 is 6.33. The summed E-state index contributed by atoms with van der Waals surface area (Å²) >= 11 is 6.28. The van der Waals surface area contributed by atoms with Gasteiger partial charge in [0.15, 0.2) is 0 Å². The van der Waals surface area contributed by atoms with Crippen LogP contribution in [-0.4, -0.2) is 49.2 Å². The van der Waals surface area contributed by atoms with Gasteiger partial charge in [0.05, 0.1) is 25.0 Å². The van der Waals surface area contributed by atoms with E-state index in [4.69, 9.17) is 16.3 Å². The highest BCUT2D eigenvalue weighted by atomic mass is 35.5. The monoisotopic (exact) mass is 312 g/mol. The number of hydrogen-bond acceptors (Lipinski definition) is 5. The molecule has 6 nitrogen and oxygen atoms in total. The van der Waals surface area contributed by atoms with Crippen LogP contribution in [0.4, 0.5) is 5.69 Å². The summed E-state index contributed by atoms with van der Waals surface area (Å²) in [4.78, 5) is 14.4. The Morgan fingerprint density at radius 3 is 3.14 bits per heavy atom. The van der Waals surface area contributed by atoms with Gasteiger partial charge in [0, 0.05) is 26.2 Å². The average Bonchev–Trinajstić information content (AvgIpc) is 2.92. The molecule has 0 saturated carbocycles. The summed E-state index contributed by atoms with van der Waals surface area (Å²) in [5.74, 6) is 0.644. The first-order chi connectivity index (χ1) is 10.2. The zero-order valence-electron chi connectivity index (χ0n) is 12.2. The van der Waals surface area contributed by atoms with Crippen LogP contribution in [0.5, 0.6) is 0 Å². The van der Waals surface area contributed by atoms with Crippen LogP contribution in [0.25, 0.3) is 0 Å². The predicted molar refractivity (Wildman–Crippen MR) is 82.1 cm³/mol. The minimum absolute atomic E-state index is 0.242. The summed E-state index contributed by atoms with van der Waals surface area (Å²) in [6.45, 7) is 3.79. The molecule has 0 aliphatic carbocycles. The number of methoxy groups -OCH3 is 1. The van der Waals surface area contributed by atoms with Gasteiger partial charge in [-0.2, -0.15) is 5.10 Å². The quantitative estimate of drug-likeness (QED) is 0.888. The van der Waals surface area contributed by atoms with Crippen molar-refractivity contribution >= 4 is 17.3 Å². The molecule has 2 aliphatic rings. The molecule has 7 heteroatoms. The van der Waals surface area contributed by atoms with Gasteiger partial charge in [-0.25, -0.2) is 4.68 Å². The molecule has 0 unspecified atom stereocenters. The Morgan fingerprint density at radius 2 is 2.38 bits per heavy atom. The fourth-order valence-electron chi connectivity index (χ4n) is 3.26. The Bertz CT molecular complexity index is 548. The second-order valence-corrected chi connectivity index (χ2v) is 6.11. The summed E-state index contributed by atoms with van der Waals surface area (Å²) in [7, 11) is 1.60. The highest BCUT2D eigenvalue weighted by Crippen LogP contribution is 2.31. The van der Waals surface area contributed by atoms with Crippen molar-refractivity contribution in [2.75, 3.05) is 38.3 Å². The van der Waals surface area contributed by atoms with Crippen molar-refractivity contribution in [2.45, 2.75) is 25.4 Å². The van der Waals surface area contributed by atoms with E-state index in [9.17, 15) is 4.79 Å². The molecule has 2 atom stereocenters. The van der Waals surface area contributed by atoms with Crippen LogP contribution in [0.1, 0.15) is 12.8 Å². The normalized spacial score (nSPS) is 25.1. The fraction of sp³-hybridized carbons (Fsp3) is 0.714. The topological polar surface area (TPSA) is 59.4 Å². The van der Waals surface area contributed by atoms with Crippen molar-refractivity contribution in [3.05, 3.63) is 21.6 Å². The molecular formula is C14H21ClN4O2. The molecule has 0 bridgehead atoms. The molecule has 1 aromatic rings. The van der Waals surface area contributed by atoms with E-state index in [1.807, 2.05) is 0 Å². The highest BCUT2D eigenvalue weighted by molar-refractivity contribution is 6.33. The van der Waals surface area contributed by atoms with Crippen LogP contribution >= 0.6 is 11.6 Å². The largest absolute Gasteiger partial charge is 0.383 e. The van der Waals surface area contributed by atoms with Gasteiger partial charge in [-0.1, -0.05) is 11.6 Å². The number of nitrogens with zero attached hydrogens (tertiary/aromatic N) is 3. The van der Waals surface area contributed by atoms with Gasteiger partial charge in [0.1, 0.15) is 5.02 Å². The Kier molecular flexibility index (Phi) is 4.47. The van der Waals surface area contributed by atoms with Gasteiger partial charge < -0.3 is 15.0 Å². The molecule has 116 valence electrons. The summed E-state index contributed by atoms with van der Waals surface area (Å²) in [6.07, 6.45) is 4.17. The molecule has 21 heavy (non-hydrogen) atoms. The number of hydrogen-bond donors (Lipinski definition) is 1. The zero-order valence-corrected chi connectivity index (χ0v) is 13.0. The van der Waals surface area contributed by atoms with E-state index in [-0.39, 0.29) is 10.6 Å². The lowest BCUT2D eigenvalue weighted by Crippen LogP contribution is -2.40. The van der Waals surface area contributed by atoms with E-state index < -0.39 is 0 Å². The summed E-state index contributed by atoms with van der Waals surface area (Å²) in [5.41, 5.74) is 0.514. The third-order valence-electron chi connectivity index (χ3n) is 4.41. The third-order valence-corrected chi connectivity index (χ3v) is 4.77. The second-order valence-electron chi connectivity index (χ2n) is 5.73. The van der Waals surface area contributed by atoms with E-state index in [0.717, 1.165) is 25.3 Å². The number of anilines is 1. The molecule has 0 radical (unpaired) electrons. The first-order valence-electron chi connectivity index (χ1n) is 7.43. The van der Waals surface area contributed by atoms with Crippen LogP contribution in [-0.2, 0) is 11.3 Å². The number of fused-ring (bicyclic) bond motifs is 1. The van der Waals surface area contributed by atoms with Crippen LogP contribution in [0.15, 0.2) is 11.0 Å². The van der Waals surface area contributed by atoms with E-state index in [1.165, 1.54) is 17.5 Å². The predicted octanol–water partition coefficient (Wildman–Crippen LogP) is 0.731. The van der Waals surface area contributed by atoms with Crippen molar-refractivity contribution in [1.29, 1.82) is 0 Å². The van der Waals surface area contributed by atoms with Crippen LogP contribution in [0.2, 0.25) is 5.02 Å². The van der Waals surface area contributed by atoms with E-state index in [1.54, 1.807) is 13.3 Å². The van der Waals surface area contributed by atoms with Crippen molar-refractivity contribution in [3.8, 4) is 0 Å². The Hall–Kier alpha value is -1.11. The van der Waals surface area contributed by atoms with Gasteiger partial charge in [-0.05, 0) is 25.3 Å². The van der Waals surface area contributed by atoms with Crippen LogP contribution in [0, 0.1) is 5.92 Å². The molecule has 2 saturated heterocycles. The van der Waals surface area contributed by atoms with Crippen molar-refractivity contribution in [3.63, 3.8) is 0 Å². The smallest absolute Gasteiger partial charge is 0.287 e. The second kappa shape index (κ2) is 6.34.